The molecule has 0 atom stereocenters. The summed E-state index contributed by atoms with van der Waals surface area (Å²) < 4.78 is 5.43. The number of ether oxygens (including phenoxy) is 1. The minimum absolute atomic E-state index is 0.445. The van der Waals surface area contributed by atoms with Crippen LogP contribution in [0.5, 0.6) is 0 Å². The quantitative estimate of drug-likeness (QED) is 0.578. The topological polar surface area (TPSA) is 26.3 Å². The highest BCUT2D eigenvalue weighted by atomic mass is 16.5. The van der Waals surface area contributed by atoms with Crippen LogP contribution in [0.15, 0.2) is 0 Å². The van der Waals surface area contributed by atoms with Crippen LogP contribution in [-0.4, -0.2) is 19.0 Å². The molecule has 2 nitrogen and oxygen atoms in total. The molecule has 0 aromatic rings. The lowest BCUT2D eigenvalue weighted by atomic mass is 10.1. The molecule has 0 spiro atoms. The molecule has 1 saturated heterocycles. The molecule has 1 fully saturated rings. The first kappa shape index (κ1) is 10.7. The molecule has 1 rings (SSSR count). The van der Waals surface area contributed by atoms with E-state index in [1.807, 2.05) is 0 Å². The monoisotopic (exact) mass is 184 g/mol. The number of ketones is 1. The summed E-state index contributed by atoms with van der Waals surface area (Å²) in [5.41, 5.74) is 0. The summed E-state index contributed by atoms with van der Waals surface area (Å²) >= 11 is 0. The second-order valence-electron chi connectivity index (χ2n) is 3.77. The Labute approximate surface area is 80.7 Å². The predicted molar refractivity (Wildman–Crippen MR) is 52.8 cm³/mol. The fraction of sp³-hybridized carbons (Fsp3) is 0.909. The fourth-order valence-corrected chi connectivity index (χ4v) is 1.63. The van der Waals surface area contributed by atoms with Crippen molar-refractivity contribution in [2.75, 3.05) is 13.2 Å². The van der Waals surface area contributed by atoms with Crippen LogP contribution in [0, 0.1) is 0 Å². The Morgan fingerprint density at radius 1 is 0.769 bits per heavy atom. The molecule has 0 aromatic carbocycles. The lowest BCUT2D eigenvalue weighted by Gasteiger charge is -2.06. The van der Waals surface area contributed by atoms with Crippen molar-refractivity contribution in [2.45, 2.75) is 51.4 Å². The normalized spacial score (nSPS) is 23.2. The van der Waals surface area contributed by atoms with Crippen molar-refractivity contribution in [1.82, 2.24) is 0 Å². The molecule has 0 N–H and O–H groups in total. The van der Waals surface area contributed by atoms with Crippen molar-refractivity contribution in [1.29, 1.82) is 0 Å². The Hall–Kier alpha value is -0.370. The van der Waals surface area contributed by atoms with Gasteiger partial charge in [0.2, 0.25) is 0 Å². The first-order chi connectivity index (χ1) is 6.39. The minimum Gasteiger partial charge on any atom is -0.381 e. The average Bonchev–Trinajstić information content (AvgIpc) is 2.11. The van der Waals surface area contributed by atoms with Gasteiger partial charge in [-0.3, -0.25) is 4.79 Å². The van der Waals surface area contributed by atoms with E-state index < -0.39 is 0 Å². The van der Waals surface area contributed by atoms with Crippen molar-refractivity contribution in [3.63, 3.8) is 0 Å². The molecule has 0 aromatic heterocycles. The SMILES string of the molecule is O=C1CCCCCCOCCCC1. The van der Waals surface area contributed by atoms with Gasteiger partial charge in [0, 0.05) is 26.1 Å². The Morgan fingerprint density at radius 2 is 1.31 bits per heavy atom. The number of Topliss-reactive ketones (excluding diaryl/α,β-unsaturated/α-hetero) is 1. The Kier molecular flexibility index (Phi) is 5.83. The van der Waals surface area contributed by atoms with E-state index in [4.69, 9.17) is 4.74 Å². The highest BCUT2D eigenvalue weighted by Crippen LogP contribution is 2.08. The second kappa shape index (κ2) is 7.07. The van der Waals surface area contributed by atoms with Crippen molar-refractivity contribution < 1.29 is 9.53 Å². The first-order valence-electron chi connectivity index (χ1n) is 5.49. The van der Waals surface area contributed by atoms with Crippen LogP contribution in [0.4, 0.5) is 0 Å². The van der Waals surface area contributed by atoms with Gasteiger partial charge < -0.3 is 4.74 Å². The lowest BCUT2D eigenvalue weighted by molar-refractivity contribution is -0.119. The van der Waals surface area contributed by atoms with Crippen molar-refractivity contribution >= 4 is 5.78 Å². The molecule has 0 radical (unpaired) electrons. The summed E-state index contributed by atoms with van der Waals surface area (Å²) in [5.74, 6) is 0.445. The number of carbonyl (C=O) groups is 1. The molecular formula is C11H20O2. The van der Waals surface area contributed by atoms with E-state index in [9.17, 15) is 4.79 Å². The zero-order valence-corrected chi connectivity index (χ0v) is 8.39. The maximum absolute atomic E-state index is 11.3. The van der Waals surface area contributed by atoms with Crippen LogP contribution < -0.4 is 0 Å². The Balaban J connectivity index is 2.14. The van der Waals surface area contributed by atoms with Gasteiger partial charge >= 0.3 is 0 Å². The van der Waals surface area contributed by atoms with Crippen molar-refractivity contribution in [3.05, 3.63) is 0 Å². The molecular weight excluding hydrogens is 164 g/mol. The number of carbonyl (C=O) groups excluding carboxylic acids is 1. The second-order valence-corrected chi connectivity index (χ2v) is 3.77. The Morgan fingerprint density at radius 3 is 2.08 bits per heavy atom. The van der Waals surface area contributed by atoms with E-state index in [2.05, 4.69) is 0 Å². The molecule has 13 heavy (non-hydrogen) atoms. The van der Waals surface area contributed by atoms with E-state index in [0.717, 1.165) is 51.7 Å². The average molecular weight is 184 g/mol. The van der Waals surface area contributed by atoms with Crippen LogP contribution in [0.25, 0.3) is 0 Å². The molecule has 76 valence electrons. The predicted octanol–water partition coefficient (Wildman–Crippen LogP) is 2.71. The van der Waals surface area contributed by atoms with Gasteiger partial charge in [-0.05, 0) is 25.7 Å². The molecule has 1 heterocycles. The lowest BCUT2D eigenvalue weighted by Crippen LogP contribution is -2.02. The molecule has 2 heteroatoms. The van der Waals surface area contributed by atoms with Crippen LogP contribution in [0.1, 0.15) is 51.4 Å². The van der Waals surface area contributed by atoms with Gasteiger partial charge in [0.1, 0.15) is 5.78 Å². The fourth-order valence-electron chi connectivity index (χ4n) is 1.63. The maximum Gasteiger partial charge on any atom is 0.132 e. The standard InChI is InChI=1S/C11H20O2/c12-11-7-3-1-2-5-9-13-10-6-4-8-11/h1-10H2. The van der Waals surface area contributed by atoms with E-state index in [1.165, 1.54) is 12.8 Å². The van der Waals surface area contributed by atoms with E-state index in [-0.39, 0.29) is 0 Å². The van der Waals surface area contributed by atoms with Crippen LogP contribution in [0.2, 0.25) is 0 Å². The molecule has 0 bridgehead atoms. The van der Waals surface area contributed by atoms with E-state index >= 15 is 0 Å². The molecule has 0 aliphatic carbocycles. The van der Waals surface area contributed by atoms with Gasteiger partial charge in [-0.2, -0.15) is 0 Å². The summed E-state index contributed by atoms with van der Waals surface area (Å²) in [6.45, 7) is 1.75. The van der Waals surface area contributed by atoms with Crippen LogP contribution in [-0.2, 0) is 9.53 Å². The molecule has 0 saturated carbocycles. The van der Waals surface area contributed by atoms with Gasteiger partial charge in [-0.15, -0.1) is 0 Å². The highest BCUT2D eigenvalue weighted by Gasteiger charge is 2.02. The number of rotatable bonds is 0. The third-order valence-electron chi connectivity index (χ3n) is 2.49. The van der Waals surface area contributed by atoms with Crippen LogP contribution in [0.3, 0.4) is 0 Å². The third-order valence-corrected chi connectivity index (χ3v) is 2.49. The number of hydrogen-bond acceptors (Lipinski definition) is 2. The van der Waals surface area contributed by atoms with Gasteiger partial charge in [0.05, 0.1) is 0 Å². The molecule has 0 unspecified atom stereocenters. The van der Waals surface area contributed by atoms with Gasteiger partial charge in [-0.1, -0.05) is 12.8 Å². The minimum atomic E-state index is 0.445. The number of hydrogen-bond donors (Lipinski definition) is 0. The van der Waals surface area contributed by atoms with Gasteiger partial charge in [-0.25, -0.2) is 0 Å². The molecule has 1 aliphatic rings. The smallest absolute Gasteiger partial charge is 0.132 e. The zero-order chi connectivity index (χ0) is 9.36. The highest BCUT2D eigenvalue weighted by molar-refractivity contribution is 5.78. The maximum atomic E-state index is 11.3. The largest absolute Gasteiger partial charge is 0.381 e. The molecule has 1 aliphatic heterocycles. The summed E-state index contributed by atoms with van der Waals surface area (Å²) in [4.78, 5) is 11.3. The Bertz CT molecular complexity index is 129. The first-order valence-corrected chi connectivity index (χ1v) is 5.49. The summed E-state index contributed by atoms with van der Waals surface area (Å²) in [5, 5.41) is 0. The summed E-state index contributed by atoms with van der Waals surface area (Å²) in [7, 11) is 0. The summed E-state index contributed by atoms with van der Waals surface area (Å²) in [6, 6.07) is 0. The van der Waals surface area contributed by atoms with Crippen LogP contribution >= 0.6 is 0 Å². The molecule has 0 amide bonds. The zero-order valence-electron chi connectivity index (χ0n) is 8.39. The third kappa shape index (κ3) is 5.81. The van der Waals surface area contributed by atoms with Gasteiger partial charge in [0.25, 0.3) is 0 Å². The van der Waals surface area contributed by atoms with E-state index in [1.54, 1.807) is 0 Å². The van der Waals surface area contributed by atoms with Crippen molar-refractivity contribution in [2.24, 2.45) is 0 Å². The van der Waals surface area contributed by atoms with Gasteiger partial charge in [0.15, 0.2) is 0 Å². The summed E-state index contributed by atoms with van der Waals surface area (Å²) in [6.07, 6.45) is 8.28. The van der Waals surface area contributed by atoms with E-state index in [0.29, 0.717) is 5.78 Å². The van der Waals surface area contributed by atoms with Crippen molar-refractivity contribution in [3.8, 4) is 0 Å².